The number of amides is 2. The molecule has 4 rings (SSSR count). The van der Waals surface area contributed by atoms with Crippen molar-refractivity contribution in [3.63, 3.8) is 0 Å². The van der Waals surface area contributed by atoms with Crippen LogP contribution in [0, 0.1) is 5.41 Å². The summed E-state index contributed by atoms with van der Waals surface area (Å²) in [6.07, 6.45) is -6.44. The normalized spacial score (nSPS) is 14.9. The first kappa shape index (κ1) is 32.6. The Balaban J connectivity index is 1.35. The van der Waals surface area contributed by atoms with E-state index in [-0.39, 0.29) is 18.6 Å². The third-order valence-electron chi connectivity index (χ3n) is 7.51. The van der Waals surface area contributed by atoms with E-state index in [4.69, 9.17) is 4.74 Å². The Morgan fingerprint density at radius 3 is 2.05 bits per heavy atom. The summed E-state index contributed by atoms with van der Waals surface area (Å²) in [6, 6.07) is 17.3. The Hall–Kier alpha value is -4.35. The van der Waals surface area contributed by atoms with Crippen LogP contribution in [0.5, 0.6) is 0 Å². The number of alkyl halides is 6. The summed E-state index contributed by atoms with van der Waals surface area (Å²) in [5.41, 5.74) is 0.0627. The van der Waals surface area contributed by atoms with Crippen LogP contribution in [-0.2, 0) is 26.9 Å². The number of esters is 1. The molecule has 3 aromatic carbocycles. The maximum Gasteiger partial charge on any atom is 0.416 e. The predicted octanol–water partition coefficient (Wildman–Crippen LogP) is 7.34. The molecule has 1 saturated carbocycles. The third kappa shape index (κ3) is 8.61. The second-order valence-corrected chi connectivity index (χ2v) is 10.7. The first-order chi connectivity index (χ1) is 20.8. The number of nitrogens with one attached hydrogen (secondary N) is 2. The van der Waals surface area contributed by atoms with Crippen molar-refractivity contribution in [1.29, 1.82) is 0 Å². The van der Waals surface area contributed by atoms with Crippen LogP contribution in [0.2, 0.25) is 0 Å². The minimum atomic E-state index is -4.55. The predicted molar refractivity (Wildman–Crippen MR) is 151 cm³/mol. The number of carbonyl (C=O) groups excluding carboxylic acids is 3. The number of ether oxygens (including phenoxy) is 1. The molecule has 0 unspecified atom stereocenters. The molecule has 0 aromatic heterocycles. The minimum absolute atomic E-state index is 0.161. The zero-order chi connectivity index (χ0) is 32.0. The first-order valence-corrected chi connectivity index (χ1v) is 13.9. The second-order valence-electron chi connectivity index (χ2n) is 10.7. The lowest BCUT2D eigenvalue weighted by Crippen LogP contribution is -2.48. The van der Waals surface area contributed by atoms with Crippen molar-refractivity contribution < 1.29 is 45.5 Å². The molecule has 234 valence electrons. The van der Waals surface area contributed by atoms with E-state index < -0.39 is 47.7 Å². The molecule has 0 atom stereocenters. The van der Waals surface area contributed by atoms with Crippen LogP contribution >= 0.6 is 0 Å². The molecule has 0 saturated heterocycles. The van der Waals surface area contributed by atoms with Gasteiger partial charge in [0.15, 0.2) is 0 Å². The lowest BCUT2D eigenvalue weighted by molar-refractivity contribution is -0.156. The number of hydrogen-bond acceptors (Lipinski definition) is 4. The van der Waals surface area contributed by atoms with Crippen LogP contribution in [0.3, 0.4) is 0 Å². The van der Waals surface area contributed by atoms with E-state index in [9.17, 15) is 40.7 Å². The van der Waals surface area contributed by atoms with E-state index in [2.05, 4.69) is 5.32 Å². The van der Waals surface area contributed by atoms with E-state index in [0.29, 0.717) is 48.1 Å². The number of carbonyl (C=O) groups is 3. The van der Waals surface area contributed by atoms with E-state index in [0.717, 1.165) is 18.6 Å². The SMILES string of the molecule is O=C(Cc1ccc(NC(=O)c2ccccc2-c2ccc(C(F)(F)F)cc2)cc1)OCC1(C(=O)NCC(F)(F)F)CCCCC1. The fraction of sp³-hybridized carbons (Fsp3) is 0.344. The Labute approximate surface area is 249 Å². The minimum Gasteiger partial charge on any atom is -0.464 e. The van der Waals surface area contributed by atoms with Gasteiger partial charge in [0.05, 0.1) is 17.4 Å². The van der Waals surface area contributed by atoms with Crippen molar-refractivity contribution in [3.8, 4) is 11.1 Å². The molecular formula is C32H30F6N2O4. The molecule has 1 aliphatic carbocycles. The third-order valence-corrected chi connectivity index (χ3v) is 7.51. The summed E-state index contributed by atoms with van der Waals surface area (Å²) in [4.78, 5) is 38.3. The Kier molecular flexibility index (Phi) is 10.0. The van der Waals surface area contributed by atoms with Crippen molar-refractivity contribution in [2.75, 3.05) is 18.5 Å². The summed E-state index contributed by atoms with van der Waals surface area (Å²) in [6.45, 7) is -1.77. The number of hydrogen-bond donors (Lipinski definition) is 2. The lowest BCUT2D eigenvalue weighted by Gasteiger charge is -2.35. The fourth-order valence-corrected chi connectivity index (χ4v) is 5.15. The van der Waals surface area contributed by atoms with Crippen molar-refractivity contribution >= 4 is 23.5 Å². The second kappa shape index (κ2) is 13.5. The van der Waals surface area contributed by atoms with Gasteiger partial charge in [-0.05, 0) is 59.9 Å². The van der Waals surface area contributed by atoms with Crippen LogP contribution in [0.1, 0.15) is 53.6 Å². The fourth-order valence-electron chi connectivity index (χ4n) is 5.15. The van der Waals surface area contributed by atoms with Crippen LogP contribution in [0.4, 0.5) is 32.0 Å². The molecular weight excluding hydrogens is 590 g/mol. The van der Waals surface area contributed by atoms with Crippen LogP contribution in [-0.4, -0.2) is 37.1 Å². The van der Waals surface area contributed by atoms with Gasteiger partial charge in [0, 0.05) is 11.3 Å². The number of halogens is 6. The quantitative estimate of drug-likeness (QED) is 0.194. The molecule has 6 nitrogen and oxygen atoms in total. The molecule has 0 spiro atoms. The highest BCUT2D eigenvalue weighted by Crippen LogP contribution is 2.37. The molecule has 0 heterocycles. The van der Waals surface area contributed by atoms with Crippen LogP contribution in [0.25, 0.3) is 11.1 Å². The summed E-state index contributed by atoms with van der Waals surface area (Å²) in [7, 11) is 0. The molecule has 0 bridgehead atoms. The zero-order valence-electron chi connectivity index (χ0n) is 23.5. The summed E-state index contributed by atoms with van der Waals surface area (Å²) in [5.74, 6) is -1.92. The lowest BCUT2D eigenvalue weighted by atomic mass is 9.74. The molecule has 2 amide bonds. The Morgan fingerprint density at radius 1 is 0.795 bits per heavy atom. The average Bonchev–Trinajstić information content (AvgIpc) is 2.99. The molecule has 0 aliphatic heterocycles. The summed E-state index contributed by atoms with van der Waals surface area (Å²) < 4.78 is 82.1. The maximum atomic E-state index is 13.1. The van der Waals surface area contributed by atoms with Crippen molar-refractivity contribution in [3.05, 3.63) is 89.5 Å². The summed E-state index contributed by atoms with van der Waals surface area (Å²) >= 11 is 0. The van der Waals surface area contributed by atoms with Crippen molar-refractivity contribution in [2.45, 2.75) is 50.9 Å². The largest absolute Gasteiger partial charge is 0.464 e. The first-order valence-electron chi connectivity index (χ1n) is 13.9. The van der Waals surface area contributed by atoms with Gasteiger partial charge in [0.2, 0.25) is 5.91 Å². The standard InChI is InChI=1S/C32H30F6N2O4/c33-31(34,35)19-39-29(43)30(16-4-1-5-17-30)20-44-27(41)18-21-8-14-24(15-9-21)40-28(42)26-7-3-2-6-25(26)22-10-12-23(13-11-22)32(36,37)38/h2-3,6-15H,1,4-5,16-20H2,(H,39,43)(H,40,42). The zero-order valence-corrected chi connectivity index (χ0v) is 23.5. The van der Waals surface area contributed by atoms with Gasteiger partial charge in [-0.3, -0.25) is 14.4 Å². The molecule has 44 heavy (non-hydrogen) atoms. The van der Waals surface area contributed by atoms with Crippen molar-refractivity contribution in [1.82, 2.24) is 5.32 Å². The van der Waals surface area contributed by atoms with Gasteiger partial charge >= 0.3 is 18.3 Å². The molecule has 0 radical (unpaired) electrons. The van der Waals surface area contributed by atoms with E-state index in [1.165, 1.54) is 12.1 Å². The average molecular weight is 621 g/mol. The van der Waals surface area contributed by atoms with E-state index in [1.54, 1.807) is 48.5 Å². The Bertz CT molecular complexity index is 1460. The van der Waals surface area contributed by atoms with Crippen LogP contribution < -0.4 is 10.6 Å². The number of rotatable bonds is 9. The van der Waals surface area contributed by atoms with Gasteiger partial charge in [0.1, 0.15) is 13.2 Å². The molecule has 12 heteroatoms. The molecule has 1 aliphatic rings. The van der Waals surface area contributed by atoms with Gasteiger partial charge < -0.3 is 15.4 Å². The van der Waals surface area contributed by atoms with Gasteiger partial charge in [0.25, 0.3) is 5.91 Å². The highest BCUT2D eigenvalue weighted by molar-refractivity contribution is 6.08. The van der Waals surface area contributed by atoms with E-state index >= 15 is 0 Å². The van der Waals surface area contributed by atoms with Crippen molar-refractivity contribution in [2.24, 2.45) is 5.41 Å². The number of benzene rings is 3. The topological polar surface area (TPSA) is 84.5 Å². The van der Waals surface area contributed by atoms with Gasteiger partial charge in [-0.1, -0.05) is 61.7 Å². The smallest absolute Gasteiger partial charge is 0.416 e. The number of anilines is 1. The molecule has 1 fully saturated rings. The molecule has 3 aromatic rings. The molecule has 2 N–H and O–H groups in total. The van der Waals surface area contributed by atoms with Crippen LogP contribution in [0.15, 0.2) is 72.8 Å². The highest BCUT2D eigenvalue weighted by atomic mass is 19.4. The Morgan fingerprint density at radius 2 is 1.43 bits per heavy atom. The van der Waals surface area contributed by atoms with Gasteiger partial charge in [-0.2, -0.15) is 26.3 Å². The van der Waals surface area contributed by atoms with E-state index in [1.807, 2.05) is 5.32 Å². The summed E-state index contributed by atoms with van der Waals surface area (Å²) in [5, 5.41) is 4.66. The van der Waals surface area contributed by atoms with Gasteiger partial charge in [-0.15, -0.1) is 0 Å². The van der Waals surface area contributed by atoms with Gasteiger partial charge in [-0.25, -0.2) is 0 Å². The monoisotopic (exact) mass is 620 g/mol. The highest BCUT2D eigenvalue weighted by Gasteiger charge is 2.42. The maximum absolute atomic E-state index is 13.1.